The number of hydrogen-bond acceptors (Lipinski definition) is 3. The molecule has 14 heavy (non-hydrogen) atoms. The molecule has 3 nitrogen and oxygen atoms in total. The van der Waals surface area contributed by atoms with Gasteiger partial charge in [0.25, 0.3) is 0 Å². The van der Waals surface area contributed by atoms with Crippen LogP contribution in [0.15, 0.2) is 0 Å². The van der Waals surface area contributed by atoms with Crippen molar-refractivity contribution in [3.05, 3.63) is 0 Å². The Balaban J connectivity index is 2.49. The molecule has 0 spiro atoms. The van der Waals surface area contributed by atoms with Gasteiger partial charge in [0.2, 0.25) is 0 Å². The third-order valence-electron chi connectivity index (χ3n) is 3.45. The summed E-state index contributed by atoms with van der Waals surface area (Å²) in [5, 5.41) is 0. The van der Waals surface area contributed by atoms with E-state index in [9.17, 15) is 8.42 Å². The molecule has 1 atom stereocenters. The van der Waals surface area contributed by atoms with Gasteiger partial charge < -0.3 is 5.73 Å². The first-order chi connectivity index (χ1) is 6.43. The number of hydrogen-bond donors (Lipinski definition) is 1. The van der Waals surface area contributed by atoms with Crippen LogP contribution in [-0.4, -0.2) is 26.5 Å². The minimum absolute atomic E-state index is 0.0578. The third kappa shape index (κ3) is 2.95. The average molecular weight is 219 g/mol. The van der Waals surface area contributed by atoms with E-state index in [1.54, 1.807) is 6.92 Å². The summed E-state index contributed by atoms with van der Waals surface area (Å²) in [5.41, 5.74) is 5.78. The first-order valence-corrected chi connectivity index (χ1v) is 7.16. The smallest absolute Gasteiger partial charge is 0.150 e. The quantitative estimate of drug-likeness (QED) is 0.730. The molecule has 1 fully saturated rings. The first-order valence-electron chi connectivity index (χ1n) is 5.34. The second-order valence-corrected chi connectivity index (χ2v) is 7.09. The van der Waals surface area contributed by atoms with E-state index in [2.05, 4.69) is 6.92 Å². The molecule has 0 aromatic rings. The van der Waals surface area contributed by atoms with Crippen LogP contribution in [0.2, 0.25) is 0 Å². The highest BCUT2D eigenvalue weighted by molar-refractivity contribution is 7.91. The fourth-order valence-electron chi connectivity index (χ4n) is 1.79. The van der Waals surface area contributed by atoms with Crippen molar-refractivity contribution in [1.29, 1.82) is 0 Å². The maximum absolute atomic E-state index is 11.4. The van der Waals surface area contributed by atoms with Gasteiger partial charge in [0.15, 0.2) is 0 Å². The highest BCUT2D eigenvalue weighted by atomic mass is 32.2. The summed E-state index contributed by atoms with van der Waals surface area (Å²) < 4.78 is 22.7. The molecule has 1 saturated carbocycles. The maximum atomic E-state index is 11.4. The van der Waals surface area contributed by atoms with E-state index in [1.165, 1.54) is 12.8 Å². The lowest BCUT2D eigenvalue weighted by molar-refractivity contribution is 0.273. The van der Waals surface area contributed by atoms with Crippen molar-refractivity contribution in [3.8, 4) is 0 Å². The van der Waals surface area contributed by atoms with Crippen molar-refractivity contribution in [2.24, 2.45) is 17.1 Å². The number of sulfone groups is 1. The van der Waals surface area contributed by atoms with Gasteiger partial charge in [0.1, 0.15) is 9.84 Å². The zero-order valence-electron chi connectivity index (χ0n) is 9.12. The fourth-order valence-corrected chi connectivity index (χ4v) is 2.85. The van der Waals surface area contributed by atoms with Crippen molar-refractivity contribution < 1.29 is 8.42 Å². The van der Waals surface area contributed by atoms with Gasteiger partial charge in [0.05, 0.1) is 5.75 Å². The van der Waals surface area contributed by atoms with E-state index < -0.39 is 9.84 Å². The minimum Gasteiger partial charge on any atom is -0.330 e. The van der Waals surface area contributed by atoms with E-state index in [4.69, 9.17) is 5.73 Å². The largest absolute Gasteiger partial charge is 0.330 e. The zero-order chi connectivity index (χ0) is 10.8. The van der Waals surface area contributed by atoms with Crippen LogP contribution >= 0.6 is 0 Å². The molecule has 1 unspecified atom stereocenters. The number of nitrogens with two attached hydrogens (primary N) is 1. The second kappa shape index (κ2) is 4.19. The Bertz CT molecular complexity index is 282. The van der Waals surface area contributed by atoms with Crippen molar-refractivity contribution in [2.75, 3.05) is 18.1 Å². The molecular weight excluding hydrogens is 198 g/mol. The molecule has 1 rings (SSSR count). The van der Waals surface area contributed by atoms with Gasteiger partial charge in [-0.3, -0.25) is 0 Å². The van der Waals surface area contributed by atoms with Gasteiger partial charge in [-0.1, -0.05) is 13.8 Å². The lowest BCUT2D eigenvalue weighted by atomic mass is 9.82. The molecule has 4 heteroatoms. The highest BCUT2D eigenvalue weighted by Crippen LogP contribution is 2.47. The topological polar surface area (TPSA) is 60.2 Å². The van der Waals surface area contributed by atoms with Crippen LogP contribution in [0.25, 0.3) is 0 Å². The summed E-state index contributed by atoms with van der Waals surface area (Å²) in [7, 11) is -2.82. The van der Waals surface area contributed by atoms with E-state index in [1.807, 2.05) is 0 Å². The minimum atomic E-state index is -2.82. The SMILES string of the molecule is CCS(=O)(=O)CCC(C)(CN)C1CC1. The highest BCUT2D eigenvalue weighted by Gasteiger charge is 2.40. The summed E-state index contributed by atoms with van der Waals surface area (Å²) in [6, 6.07) is 0. The van der Waals surface area contributed by atoms with Crippen molar-refractivity contribution in [3.63, 3.8) is 0 Å². The Morgan fingerprint density at radius 3 is 2.36 bits per heavy atom. The maximum Gasteiger partial charge on any atom is 0.150 e. The van der Waals surface area contributed by atoms with Crippen molar-refractivity contribution in [1.82, 2.24) is 0 Å². The van der Waals surface area contributed by atoms with Gasteiger partial charge >= 0.3 is 0 Å². The predicted octanol–water partition coefficient (Wildman–Crippen LogP) is 1.19. The van der Waals surface area contributed by atoms with Crippen LogP contribution in [0, 0.1) is 11.3 Å². The van der Waals surface area contributed by atoms with Gasteiger partial charge in [-0.2, -0.15) is 0 Å². The van der Waals surface area contributed by atoms with Crippen LogP contribution < -0.4 is 5.73 Å². The van der Waals surface area contributed by atoms with Crippen LogP contribution in [-0.2, 0) is 9.84 Å². The van der Waals surface area contributed by atoms with Gasteiger partial charge in [0, 0.05) is 5.75 Å². The molecule has 0 amide bonds. The Morgan fingerprint density at radius 1 is 1.43 bits per heavy atom. The molecule has 1 aliphatic rings. The van der Waals surface area contributed by atoms with E-state index in [0.717, 1.165) is 6.42 Å². The van der Waals surface area contributed by atoms with Crippen LogP contribution in [0.5, 0.6) is 0 Å². The molecular formula is C10H21NO2S. The molecule has 0 bridgehead atoms. The molecule has 0 saturated heterocycles. The van der Waals surface area contributed by atoms with Crippen molar-refractivity contribution in [2.45, 2.75) is 33.1 Å². The summed E-state index contributed by atoms with van der Waals surface area (Å²) in [6.07, 6.45) is 3.17. The molecule has 2 N–H and O–H groups in total. The first kappa shape index (κ1) is 12.0. The third-order valence-corrected chi connectivity index (χ3v) is 5.16. The Hall–Kier alpha value is -0.0900. The van der Waals surface area contributed by atoms with Gasteiger partial charge in [-0.25, -0.2) is 8.42 Å². The molecule has 1 aliphatic carbocycles. The summed E-state index contributed by atoms with van der Waals surface area (Å²) in [6.45, 7) is 4.43. The average Bonchev–Trinajstić information content (AvgIpc) is 2.98. The Kier molecular flexibility index (Phi) is 3.58. The van der Waals surface area contributed by atoms with E-state index in [-0.39, 0.29) is 11.2 Å². The van der Waals surface area contributed by atoms with E-state index >= 15 is 0 Å². The Morgan fingerprint density at radius 2 is 2.00 bits per heavy atom. The molecule has 0 radical (unpaired) electrons. The summed E-state index contributed by atoms with van der Waals surface area (Å²) >= 11 is 0. The monoisotopic (exact) mass is 219 g/mol. The van der Waals surface area contributed by atoms with Crippen LogP contribution in [0.4, 0.5) is 0 Å². The normalized spacial score (nSPS) is 21.9. The molecule has 0 heterocycles. The standard InChI is InChI=1S/C10H21NO2S/c1-3-14(12,13)7-6-10(2,8-11)9-4-5-9/h9H,3-8,11H2,1-2H3. The van der Waals surface area contributed by atoms with Crippen molar-refractivity contribution >= 4 is 9.84 Å². The van der Waals surface area contributed by atoms with Crippen LogP contribution in [0.1, 0.15) is 33.1 Å². The van der Waals surface area contributed by atoms with Gasteiger partial charge in [-0.05, 0) is 37.1 Å². The van der Waals surface area contributed by atoms with Gasteiger partial charge in [-0.15, -0.1) is 0 Å². The second-order valence-electron chi connectivity index (χ2n) is 4.62. The lowest BCUT2D eigenvalue weighted by Crippen LogP contribution is -2.32. The molecule has 0 aliphatic heterocycles. The number of rotatable bonds is 6. The predicted molar refractivity (Wildman–Crippen MR) is 58.8 cm³/mol. The zero-order valence-corrected chi connectivity index (χ0v) is 9.94. The fraction of sp³-hybridized carbons (Fsp3) is 1.00. The molecule has 0 aromatic heterocycles. The van der Waals surface area contributed by atoms with Crippen LogP contribution in [0.3, 0.4) is 0 Å². The summed E-state index contributed by atoms with van der Waals surface area (Å²) in [4.78, 5) is 0. The lowest BCUT2D eigenvalue weighted by Gasteiger charge is -2.27. The Labute approximate surface area is 87.0 Å². The molecule has 0 aromatic carbocycles. The van der Waals surface area contributed by atoms with E-state index in [0.29, 0.717) is 18.2 Å². The molecule has 84 valence electrons. The summed E-state index contributed by atoms with van der Waals surface area (Å²) in [5.74, 6) is 1.21.